The number of aromatic nitrogens is 2. The van der Waals surface area contributed by atoms with Crippen molar-refractivity contribution in [2.75, 3.05) is 18.6 Å². The average molecular weight is 362 g/mol. The molecule has 1 atom stereocenters. The van der Waals surface area contributed by atoms with E-state index in [9.17, 15) is 8.42 Å². The van der Waals surface area contributed by atoms with Crippen LogP contribution in [0.15, 0.2) is 24.3 Å². The third kappa shape index (κ3) is 3.96. The van der Waals surface area contributed by atoms with Crippen LogP contribution in [-0.4, -0.2) is 41.7 Å². The summed E-state index contributed by atoms with van der Waals surface area (Å²) in [5.74, 6) is 0.492. The van der Waals surface area contributed by atoms with Crippen LogP contribution in [0.2, 0.25) is 0 Å². The quantitative estimate of drug-likeness (QED) is 0.822. The SMILES string of the molecule is Cc1ccccc1CN(C)Cc1c(C)nn([C@@H]2CCS(=O)(=O)C2)c1C. The van der Waals surface area contributed by atoms with E-state index in [1.807, 2.05) is 11.6 Å². The van der Waals surface area contributed by atoms with Crippen LogP contribution in [-0.2, 0) is 22.9 Å². The predicted octanol–water partition coefficient (Wildman–Crippen LogP) is 2.80. The molecule has 5 nitrogen and oxygen atoms in total. The molecule has 1 saturated heterocycles. The molecular weight excluding hydrogens is 334 g/mol. The summed E-state index contributed by atoms with van der Waals surface area (Å²) in [6, 6.07) is 8.42. The number of aryl methyl sites for hydroxylation is 2. The van der Waals surface area contributed by atoms with E-state index < -0.39 is 9.84 Å². The number of nitrogens with zero attached hydrogens (tertiary/aromatic N) is 3. The molecule has 1 fully saturated rings. The molecular formula is C19H27N3O2S. The molecule has 136 valence electrons. The van der Waals surface area contributed by atoms with Crippen LogP contribution in [0.5, 0.6) is 0 Å². The smallest absolute Gasteiger partial charge is 0.152 e. The predicted molar refractivity (Wildman–Crippen MR) is 100 cm³/mol. The summed E-state index contributed by atoms with van der Waals surface area (Å²) in [7, 11) is -0.790. The van der Waals surface area contributed by atoms with E-state index in [2.05, 4.69) is 55.2 Å². The molecule has 0 bridgehead atoms. The molecule has 0 N–H and O–H groups in total. The Balaban J connectivity index is 1.76. The van der Waals surface area contributed by atoms with Gasteiger partial charge >= 0.3 is 0 Å². The molecule has 25 heavy (non-hydrogen) atoms. The van der Waals surface area contributed by atoms with Gasteiger partial charge in [-0.05, 0) is 45.4 Å². The van der Waals surface area contributed by atoms with Crippen LogP contribution in [0.4, 0.5) is 0 Å². The number of rotatable bonds is 5. The number of hydrogen-bond donors (Lipinski definition) is 0. The molecule has 0 saturated carbocycles. The lowest BCUT2D eigenvalue weighted by molar-refractivity contribution is 0.316. The van der Waals surface area contributed by atoms with E-state index in [0.29, 0.717) is 6.42 Å². The van der Waals surface area contributed by atoms with Gasteiger partial charge in [-0.15, -0.1) is 0 Å². The van der Waals surface area contributed by atoms with Crippen LogP contribution in [0.1, 0.15) is 40.5 Å². The summed E-state index contributed by atoms with van der Waals surface area (Å²) in [5, 5.41) is 4.66. The van der Waals surface area contributed by atoms with Crippen LogP contribution in [0.3, 0.4) is 0 Å². The molecule has 0 aliphatic carbocycles. The zero-order valence-corrected chi connectivity index (χ0v) is 16.3. The highest BCUT2D eigenvalue weighted by Crippen LogP contribution is 2.27. The van der Waals surface area contributed by atoms with Crippen molar-refractivity contribution in [1.82, 2.24) is 14.7 Å². The maximum Gasteiger partial charge on any atom is 0.152 e. The molecule has 6 heteroatoms. The first kappa shape index (κ1) is 18.1. The van der Waals surface area contributed by atoms with Crippen molar-refractivity contribution in [2.45, 2.75) is 46.3 Å². The van der Waals surface area contributed by atoms with Crippen molar-refractivity contribution < 1.29 is 8.42 Å². The standard InChI is InChI=1S/C19H27N3O2S/c1-14-7-5-6-8-17(14)11-21(4)12-19-15(2)20-22(16(19)3)18-9-10-25(23,24)13-18/h5-8,18H,9-13H2,1-4H3/t18-/m1/s1. The number of benzene rings is 1. The van der Waals surface area contributed by atoms with Crippen molar-refractivity contribution in [3.8, 4) is 0 Å². The third-order valence-corrected chi connectivity index (χ3v) is 6.91. The highest BCUT2D eigenvalue weighted by atomic mass is 32.2. The Morgan fingerprint density at radius 3 is 2.56 bits per heavy atom. The van der Waals surface area contributed by atoms with Gasteiger partial charge in [-0.25, -0.2) is 8.42 Å². The first-order valence-electron chi connectivity index (χ1n) is 8.75. The largest absolute Gasteiger partial charge is 0.298 e. The van der Waals surface area contributed by atoms with E-state index in [4.69, 9.17) is 0 Å². The summed E-state index contributed by atoms with van der Waals surface area (Å²) < 4.78 is 25.5. The lowest BCUT2D eigenvalue weighted by atomic mass is 10.1. The fourth-order valence-electron chi connectivity index (χ4n) is 3.65. The fraction of sp³-hybridized carbons (Fsp3) is 0.526. The second kappa shape index (κ2) is 6.92. The van der Waals surface area contributed by atoms with Crippen molar-refractivity contribution in [3.05, 3.63) is 52.3 Å². The Hall–Kier alpha value is -1.66. The number of hydrogen-bond acceptors (Lipinski definition) is 4. The minimum atomic E-state index is -2.90. The van der Waals surface area contributed by atoms with E-state index in [1.54, 1.807) is 0 Å². The zero-order valence-electron chi connectivity index (χ0n) is 15.5. The van der Waals surface area contributed by atoms with Gasteiger partial charge in [-0.1, -0.05) is 24.3 Å². The van der Waals surface area contributed by atoms with Crippen molar-refractivity contribution in [3.63, 3.8) is 0 Å². The molecule has 0 spiro atoms. The van der Waals surface area contributed by atoms with Crippen LogP contribution in [0, 0.1) is 20.8 Å². The molecule has 1 aliphatic rings. The van der Waals surface area contributed by atoms with E-state index >= 15 is 0 Å². The van der Waals surface area contributed by atoms with Gasteiger partial charge in [-0.3, -0.25) is 9.58 Å². The van der Waals surface area contributed by atoms with E-state index in [-0.39, 0.29) is 17.5 Å². The minimum absolute atomic E-state index is 0.0147. The molecule has 0 unspecified atom stereocenters. The summed E-state index contributed by atoms with van der Waals surface area (Å²) in [6.07, 6.45) is 0.669. The fourth-order valence-corrected chi connectivity index (χ4v) is 5.35. The maximum atomic E-state index is 11.8. The van der Waals surface area contributed by atoms with Crippen LogP contribution < -0.4 is 0 Å². The molecule has 0 amide bonds. The Morgan fingerprint density at radius 1 is 1.20 bits per heavy atom. The van der Waals surface area contributed by atoms with Crippen molar-refractivity contribution in [1.29, 1.82) is 0 Å². The molecule has 2 heterocycles. The minimum Gasteiger partial charge on any atom is -0.298 e. The topological polar surface area (TPSA) is 55.2 Å². The summed E-state index contributed by atoms with van der Waals surface area (Å²) in [6.45, 7) is 7.91. The number of sulfone groups is 1. The maximum absolute atomic E-state index is 11.8. The van der Waals surface area contributed by atoms with Gasteiger partial charge in [0.15, 0.2) is 9.84 Å². The van der Waals surface area contributed by atoms with Gasteiger partial charge in [0, 0.05) is 24.3 Å². The molecule has 2 aromatic rings. The van der Waals surface area contributed by atoms with Crippen LogP contribution in [0.25, 0.3) is 0 Å². The van der Waals surface area contributed by atoms with Gasteiger partial charge in [0.1, 0.15) is 0 Å². The second-order valence-electron chi connectivity index (χ2n) is 7.25. The van der Waals surface area contributed by atoms with Gasteiger partial charge in [-0.2, -0.15) is 5.10 Å². The lowest BCUT2D eigenvalue weighted by Crippen LogP contribution is -2.19. The van der Waals surface area contributed by atoms with Crippen LogP contribution >= 0.6 is 0 Å². The normalized spacial score (nSPS) is 19.6. The molecule has 3 rings (SSSR count). The van der Waals surface area contributed by atoms with Gasteiger partial charge in [0.05, 0.1) is 23.2 Å². The Bertz CT molecular complexity index is 871. The van der Waals surface area contributed by atoms with E-state index in [0.717, 1.165) is 24.5 Å². The monoisotopic (exact) mass is 361 g/mol. The summed E-state index contributed by atoms with van der Waals surface area (Å²) in [5.41, 5.74) is 5.93. The van der Waals surface area contributed by atoms with Gasteiger partial charge in [0.25, 0.3) is 0 Å². The molecule has 1 aromatic heterocycles. The molecule has 1 aliphatic heterocycles. The van der Waals surface area contributed by atoms with Crippen molar-refractivity contribution >= 4 is 9.84 Å². The first-order valence-corrected chi connectivity index (χ1v) is 10.6. The van der Waals surface area contributed by atoms with Crippen molar-refractivity contribution in [2.24, 2.45) is 0 Å². The van der Waals surface area contributed by atoms with Gasteiger partial charge < -0.3 is 0 Å². The Labute approximate surface area is 150 Å². The summed E-state index contributed by atoms with van der Waals surface area (Å²) in [4.78, 5) is 2.29. The van der Waals surface area contributed by atoms with Gasteiger partial charge in [0.2, 0.25) is 0 Å². The second-order valence-corrected chi connectivity index (χ2v) is 9.48. The zero-order chi connectivity index (χ0) is 18.2. The summed E-state index contributed by atoms with van der Waals surface area (Å²) >= 11 is 0. The first-order chi connectivity index (χ1) is 11.8. The molecule has 0 radical (unpaired) electrons. The molecule has 1 aromatic carbocycles. The Morgan fingerprint density at radius 2 is 1.92 bits per heavy atom. The highest BCUT2D eigenvalue weighted by Gasteiger charge is 2.31. The third-order valence-electron chi connectivity index (χ3n) is 5.16. The van der Waals surface area contributed by atoms with E-state index in [1.165, 1.54) is 16.7 Å². The Kier molecular flexibility index (Phi) is 5.02. The average Bonchev–Trinajstić information content (AvgIpc) is 3.03. The highest BCUT2D eigenvalue weighted by molar-refractivity contribution is 7.91. The lowest BCUT2D eigenvalue weighted by Gasteiger charge is -2.19.